The summed E-state index contributed by atoms with van der Waals surface area (Å²) in [6.07, 6.45) is 3.35. The van der Waals surface area contributed by atoms with Gasteiger partial charge >= 0.3 is 6.09 Å². The van der Waals surface area contributed by atoms with Crippen LogP contribution in [0.5, 0.6) is 0 Å². The summed E-state index contributed by atoms with van der Waals surface area (Å²) in [6, 6.07) is 0. The maximum absolute atomic E-state index is 11.7. The van der Waals surface area contributed by atoms with Crippen molar-refractivity contribution >= 4 is 17.6 Å². The highest BCUT2D eigenvalue weighted by Gasteiger charge is 2.24. The number of nitrogens with zero attached hydrogens (tertiary/aromatic N) is 6. The highest BCUT2D eigenvalue weighted by molar-refractivity contribution is 5.69. The number of rotatable bonds is 2. The molecule has 112 valence electrons. The van der Waals surface area contributed by atoms with E-state index in [4.69, 9.17) is 4.74 Å². The van der Waals surface area contributed by atoms with Gasteiger partial charge in [-0.1, -0.05) is 0 Å². The molecule has 0 aliphatic carbocycles. The monoisotopic (exact) mass is 290 g/mol. The predicted octanol–water partition coefficient (Wildman–Crippen LogP) is 0.711. The molecule has 1 amide bonds. The van der Waals surface area contributed by atoms with Gasteiger partial charge in [-0.2, -0.15) is 0 Å². The van der Waals surface area contributed by atoms with E-state index in [1.165, 1.54) is 0 Å². The topological polar surface area (TPSA) is 75.9 Å². The Bertz CT molecular complexity index is 647. The fourth-order valence-corrected chi connectivity index (χ4v) is 2.47. The second kappa shape index (κ2) is 5.55. The van der Waals surface area contributed by atoms with Crippen molar-refractivity contribution in [2.24, 2.45) is 0 Å². The molecule has 1 aliphatic rings. The third-order valence-electron chi connectivity index (χ3n) is 3.58. The first-order valence-electron chi connectivity index (χ1n) is 7.03. The largest absolute Gasteiger partial charge is 0.450 e. The van der Waals surface area contributed by atoms with E-state index >= 15 is 0 Å². The Morgan fingerprint density at radius 2 is 2.05 bits per heavy atom. The Balaban J connectivity index is 1.75. The van der Waals surface area contributed by atoms with Gasteiger partial charge in [0.2, 0.25) is 5.65 Å². The summed E-state index contributed by atoms with van der Waals surface area (Å²) in [7, 11) is 0. The number of piperazine rings is 1. The number of carbonyl (C=O) groups excluding carboxylic acids is 1. The lowest BCUT2D eigenvalue weighted by Gasteiger charge is -2.34. The molecular weight excluding hydrogens is 272 g/mol. The van der Waals surface area contributed by atoms with E-state index in [-0.39, 0.29) is 6.09 Å². The third kappa shape index (κ3) is 2.48. The van der Waals surface area contributed by atoms with Crippen LogP contribution in [0, 0.1) is 6.92 Å². The normalized spacial score (nSPS) is 15.5. The standard InChI is InChI=1S/C13H18N6O2/c1-3-21-13(20)18-8-6-17(7-9-18)11-12-16-15-10(2)19(12)5-4-14-11/h4-5H,3,6-9H2,1-2H3. The van der Waals surface area contributed by atoms with Crippen LogP contribution in [0.15, 0.2) is 12.4 Å². The Morgan fingerprint density at radius 1 is 1.29 bits per heavy atom. The van der Waals surface area contributed by atoms with Crippen molar-refractivity contribution in [1.82, 2.24) is 24.5 Å². The van der Waals surface area contributed by atoms with E-state index in [9.17, 15) is 4.79 Å². The molecule has 2 aromatic rings. The van der Waals surface area contributed by atoms with Gasteiger partial charge in [0.15, 0.2) is 5.82 Å². The highest BCUT2D eigenvalue weighted by atomic mass is 16.6. The number of hydrogen-bond acceptors (Lipinski definition) is 6. The van der Waals surface area contributed by atoms with Crippen LogP contribution in [-0.2, 0) is 4.74 Å². The maximum Gasteiger partial charge on any atom is 0.409 e. The van der Waals surface area contributed by atoms with Crippen molar-refractivity contribution < 1.29 is 9.53 Å². The molecule has 3 rings (SSSR count). The smallest absolute Gasteiger partial charge is 0.409 e. The zero-order valence-electron chi connectivity index (χ0n) is 12.2. The molecule has 8 heteroatoms. The first kappa shape index (κ1) is 13.6. The molecule has 0 spiro atoms. The lowest BCUT2D eigenvalue weighted by atomic mass is 10.3. The highest BCUT2D eigenvalue weighted by Crippen LogP contribution is 2.19. The molecule has 21 heavy (non-hydrogen) atoms. The van der Waals surface area contributed by atoms with Gasteiger partial charge in [0.05, 0.1) is 6.61 Å². The fraction of sp³-hybridized carbons (Fsp3) is 0.538. The average molecular weight is 290 g/mol. The summed E-state index contributed by atoms with van der Waals surface area (Å²) in [5.41, 5.74) is 0.750. The lowest BCUT2D eigenvalue weighted by Crippen LogP contribution is -2.49. The first-order valence-corrected chi connectivity index (χ1v) is 7.03. The van der Waals surface area contributed by atoms with Crippen LogP contribution in [-0.4, -0.2) is 63.4 Å². The zero-order valence-corrected chi connectivity index (χ0v) is 12.2. The van der Waals surface area contributed by atoms with E-state index < -0.39 is 0 Å². The predicted molar refractivity (Wildman–Crippen MR) is 76.3 cm³/mol. The van der Waals surface area contributed by atoms with Crippen LogP contribution in [0.4, 0.5) is 10.6 Å². The minimum absolute atomic E-state index is 0.248. The van der Waals surface area contributed by atoms with Crippen molar-refractivity contribution in [2.45, 2.75) is 13.8 Å². The van der Waals surface area contributed by atoms with Crippen LogP contribution in [0.1, 0.15) is 12.7 Å². The van der Waals surface area contributed by atoms with E-state index in [0.717, 1.165) is 17.3 Å². The minimum atomic E-state index is -0.248. The van der Waals surface area contributed by atoms with Gasteiger partial charge in [-0.25, -0.2) is 9.78 Å². The first-order chi connectivity index (χ1) is 10.2. The van der Waals surface area contributed by atoms with Crippen LogP contribution in [0.2, 0.25) is 0 Å². The molecule has 0 N–H and O–H groups in total. The summed E-state index contributed by atoms with van der Waals surface area (Å²) >= 11 is 0. The average Bonchev–Trinajstić information content (AvgIpc) is 2.89. The van der Waals surface area contributed by atoms with Crippen LogP contribution in [0.3, 0.4) is 0 Å². The van der Waals surface area contributed by atoms with Gasteiger partial charge in [-0.15, -0.1) is 10.2 Å². The second-order valence-corrected chi connectivity index (χ2v) is 4.86. The molecule has 0 atom stereocenters. The number of ether oxygens (including phenoxy) is 1. The summed E-state index contributed by atoms with van der Waals surface area (Å²) in [5.74, 6) is 1.64. The van der Waals surface area contributed by atoms with Gasteiger partial charge < -0.3 is 14.5 Å². The van der Waals surface area contributed by atoms with Gasteiger partial charge in [-0.05, 0) is 13.8 Å². The summed E-state index contributed by atoms with van der Waals surface area (Å²) in [6.45, 7) is 6.77. The minimum Gasteiger partial charge on any atom is -0.450 e. The van der Waals surface area contributed by atoms with E-state index in [2.05, 4.69) is 20.1 Å². The molecule has 0 saturated carbocycles. The van der Waals surface area contributed by atoms with Crippen molar-refractivity contribution in [3.63, 3.8) is 0 Å². The summed E-state index contributed by atoms with van der Waals surface area (Å²) in [5, 5.41) is 8.26. The number of aryl methyl sites for hydroxylation is 1. The molecule has 8 nitrogen and oxygen atoms in total. The van der Waals surface area contributed by atoms with Crippen LogP contribution < -0.4 is 4.90 Å². The van der Waals surface area contributed by atoms with Crippen molar-refractivity contribution in [2.75, 3.05) is 37.7 Å². The Morgan fingerprint density at radius 3 is 2.76 bits per heavy atom. The van der Waals surface area contributed by atoms with E-state index in [1.807, 2.05) is 24.4 Å². The molecule has 1 saturated heterocycles. The SMILES string of the molecule is CCOC(=O)N1CCN(c2nccn3c(C)nnc23)CC1. The zero-order chi connectivity index (χ0) is 14.8. The Labute approximate surface area is 122 Å². The molecule has 0 unspecified atom stereocenters. The van der Waals surface area contributed by atoms with Gasteiger partial charge in [0.1, 0.15) is 5.82 Å². The molecule has 0 bridgehead atoms. The fourth-order valence-electron chi connectivity index (χ4n) is 2.47. The number of hydrogen-bond donors (Lipinski definition) is 0. The number of amides is 1. The lowest BCUT2D eigenvalue weighted by molar-refractivity contribution is 0.105. The molecule has 1 fully saturated rings. The van der Waals surface area contributed by atoms with Crippen LogP contribution in [0.25, 0.3) is 5.65 Å². The Kier molecular flexibility index (Phi) is 3.59. The molecule has 0 radical (unpaired) electrons. The van der Waals surface area contributed by atoms with Gasteiger partial charge in [-0.3, -0.25) is 4.40 Å². The van der Waals surface area contributed by atoms with Crippen molar-refractivity contribution in [3.8, 4) is 0 Å². The van der Waals surface area contributed by atoms with Gasteiger partial charge in [0.25, 0.3) is 0 Å². The number of anilines is 1. The van der Waals surface area contributed by atoms with Gasteiger partial charge in [0, 0.05) is 38.6 Å². The summed E-state index contributed by atoms with van der Waals surface area (Å²) < 4.78 is 6.94. The quantitative estimate of drug-likeness (QED) is 0.811. The number of carbonyl (C=O) groups is 1. The molecule has 3 heterocycles. The number of aromatic nitrogens is 4. The van der Waals surface area contributed by atoms with Crippen LogP contribution >= 0.6 is 0 Å². The van der Waals surface area contributed by atoms with Crippen molar-refractivity contribution in [3.05, 3.63) is 18.2 Å². The van der Waals surface area contributed by atoms with Crippen molar-refractivity contribution in [1.29, 1.82) is 0 Å². The van der Waals surface area contributed by atoms with E-state index in [1.54, 1.807) is 11.1 Å². The third-order valence-corrected chi connectivity index (χ3v) is 3.58. The Hall–Kier alpha value is -2.38. The molecular formula is C13H18N6O2. The van der Waals surface area contributed by atoms with E-state index in [0.29, 0.717) is 32.8 Å². The summed E-state index contributed by atoms with van der Waals surface area (Å²) in [4.78, 5) is 20.0. The second-order valence-electron chi connectivity index (χ2n) is 4.86. The molecule has 1 aliphatic heterocycles. The molecule has 2 aromatic heterocycles. The maximum atomic E-state index is 11.7. The molecule has 0 aromatic carbocycles. The number of fused-ring (bicyclic) bond motifs is 1.